The highest BCUT2D eigenvalue weighted by Crippen LogP contribution is 2.40. The second kappa shape index (κ2) is 4.53. The Morgan fingerprint density at radius 1 is 0.950 bits per heavy atom. The minimum atomic E-state index is -4.89. The van der Waals surface area contributed by atoms with Gasteiger partial charge in [0.05, 0.1) is 16.8 Å². The van der Waals surface area contributed by atoms with Gasteiger partial charge < -0.3 is 0 Å². The first-order valence-corrected chi connectivity index (χ1v) is 5.37. The molecule has 0 fully saturated rings. The van der Waals surface area contributed by atoms with Gasteiger partial charge in [0.15, 0.2) is 0 Å². The van der Waals surface area contributed by atoms with E-state index in [9.17, 15) is 26.3 Å². The van der Waals surface area contributed by atoms with Gasteiger partial charge in [0.1, 0.15) is 0 Å². The summed E-state index contributed by atoms with van der Waals surface area (Å²) in [6, 6.07) is 2.85. The highest BCUT2D eigenvalue weighted by Gasteiger charge is 2.38. The van der Waals surface area contributed by atoms with Gasteiger partial charge in [0.25, 0.3) is 0 Å². The Kier molecular flexibility index (Phi) is 3.27. The summed E-state index contributed by atoms with van der Waals surface area (Å²) in [6.07, 6.45) is -8.45. The van der Waals surface area contributed by atoms with Crippen LogP contribution in [0.5, 0.6) is 0 Å². The topological polar surface area (TPSA) is 17.8 Å². The van der Waals surface area contributed by atoms with Gasteiger partial charge in [-0.25, -0.2) is 0 Å². The Morgan fingerprint density at radius 2 is 1.60 bits per heavy atom. The SMILES string of the molecule is Cn1nccc1-c1ccc(C(F)(F)F)cc1C(F)(F)F. The van der Waals surface area contributed by atoms with Crippen LogP contribution < -0.4 is 0 Å². The Balaban J connectivity index is 2.68. The smallest absolute Gasteiger partial charge is 0.268 e. The lowest BCUT2D eigenvalue weighted by Gasteiger charge is -2.16. The van der Waals surface area contributed by atoms with E-state index in [1.54, 1.807) is 0 Å². The largest absolute Gasteiger partial charge is 0.417 e. The molecule has 1 heterocycles. The highest BCUT2D eigenvalue weighted by molar-refractivity contribution is 5.65. The molecule has 0 aliphatic heterocycles. The van der Waals surface area contributed by atoms with E-state index < -0.39 is 23.5 Å². The molecular weight excluding hydrogens is 286 g/mol. The van der Waals surface area contributed by atoms with Crippen molar-refractivity contribution in [1.82, 2.24) is 9.78 Å². The first kappa shape index (κ1) is 14.4. The molecule has 1 aromatic heterocycles. The summed E-state index contributed by atoms with van der Waals surface area (Å²) in [6.45, 7) is 0. The molecule has 2 rings (SSSR count). The minimum Gasteiger partial charge on any atom is -0.268 e. The van der Waals surface area contributed by atoms with Crippen molar-refractivity contribution in [2.45, 2.75) is 12.4 Å². The summed E-state index contributed by atoms with van der Waals surface area (Å²) in [5.41, 5.74) is -2.93. The lowest BCUT2D eigenvalue weighted by Crippen LogP contribution is -2.12. The number of rotatable bonds is 1. The maximum absolute atomic E-state index is 12.9. The fraction of sp³-hybridized carbons (Fsp3) is 0.250. The van der Waals surface area contributed by atoms with Crippen molar-refractivity contribution in [3.63, 3.8) is 0 Å². The molecule has 0 bridgehead atoms. The molecule has 108 valence electrons. The summed E-state index contributed by atoms with van der Waals surface area (Å²) < 4.78 is 77.6. The van der Waals surface area contributed by atoms with Crippen molar-refractivity contribution < 1.29 is 26.3 Å². The van der Waals surface area contributed by atoms with Gasteiger partial charge >= 0.3 is 12.4 Å². The molecule has 0 amide bonds. The highest BCUT2D eigenvalue weighted by atomic mass is 19.4. The summed E-state index contributed by atoms with van der Waals surface area (Å²) >= 11 is 0. The van der Waals surface area contributed by atoms with Gasteiger partial charge in [0.2, 0.25) is 0 Å². The van der Waals surface area contributed by atoms with E-state index in [-0.39, 0.29) is 17.3 Å². The number of hydrogen-bond donors (Lipinski definition) is 0. The molecule has 1 aromatic carbocycles. The number of alkyl halides is 6. The maximum Gasteiger partial charge on any atom is 0.417 e. The van der Waals surface area contributed by atoms with Crippen LogP contribution in [0.1, 0.15) is 11.1 Å². The number of hydrogen-bond acceptors (Lipinski definition) is 1. The van der Waals surface area contributed by atoms with Crippen LogP contribution >= 0.6 is 0 Å². The zero-order valence-electron chi connectivity index (χ0n) is 10.0. The van der Waals surface area contributed by atoms with E-state index in [1.165, 1.54) is 19.3 Å². The second-order valence-electron chi connectivity index (χ2n) is 4.10. The van der Waals surface area contributed by atoms with E-state index in [4.69, 9.17) is 0 Å². The average molecular weight is 294 g/mol. The van der Waals surface area contributed by atoms with Crippen LogP contribution in [0.25, 0.3) is 11.3 Å². The third-order valence-corrected chi connectivity index (χ3v) is 2.75. The van der Waals surface area contributed by atoms with Gasteiger partial charge in [-0.15, -0.1) is 0 Å². The molecule has 0 spiro atoms. The van der Waals surface area contributed by atoms with Gasteiger partial charge in [0, 0.05) is 18.8 Å². The summed E-state index contributed by atoms with van der Waals surface area (Å²) in [4.78, 5) is 0. The number of nitrogens with zero attached hydrogens (tertiary/aromatic N) is 2. The molecule has 0 aliphatic rings. The maximum atomic E-state index is 12.9. The van der Waals surface area contributed by atoms with Crippen LogP contribution in [0.3, 0.4) is 0 Å². The lowest BCUT2D eigenvalue weighted by molar-refractivity contribution is -0.142. The standard InChI is InChI=1S/C12H8F6N2/c1-20-10(4-5-19-20)8-3-2-7(11(13,14)15)6-9(8)12(16,17)18/h2-6H,1H3. The van der Waals surface area contributed by atoms with Crippen molar-refractivity contribution in [3.8, 4) is 11.3 Å². The molecule has 0 unspecified atom stereocenters. The van der Waals surface area contributed by atoms with E-state index >= 15 is 0 Å². The van der Waals surface area contributed by atoms with Gasteiger partial charge in [-0.1, -0.05) is 6.07 Å². The van der Waals surface area contributed by atoms with Gasteiger partial charge in [-0.2, -0.15) is 31.4 Å². The van der Waals surface area contributed by atoms with Crippen LogP contribution in [-0.2, 0) is 19.4 Å². The first-order chi connectivity index (χ1) is 9.10. The van der Waals surface area contributed by atoms with E-state index in [0.717, 1.165) is 10.7 Å². The molecule has 0 atom stereocenters. The Hall–Kier alpha value is -1.99. The van der Waals surface area contributed by atoms with Crippen LogP contribution in [0.4, 0.5) is 26.3 Å². The van der Waals surface area contributed by atoms with Crippen molar-refractivity contribution in [3.05, 3.63) is 41.6 Å². The third-order valence-electron chi connectivity index (χ3n) is 2.75. The fourth-order valence-electron chi connectivity index (χ4n) is 1.82. The van der Waals surface area contributed by atoms with Gasteiger partial charge in [-0.05, 0) is 18.2 Å². The molecule has 0 saturated carbocycles. The lowest BCUT2D eigenvalue weighted by atomic mass is 10.0. The predicted octanol–water partition coefficient (Wildman–Crippen LogP) is 4.12. The van der Waals surface area contributed by atoms with Crippen LogP contribution in [0.2, 0.25) is 0 Å². The van der Waals surface area contributed by atoms with E-state index in [0.29, 0.717) is 6.07 Å². The van der Waals surface area contributed by atoms with Crippen LogP contribution in [0.15, 0.2) is 30.5 Å². The summed E-state index contributed by atoms with van der Waals surface area (Å²) in [5.74, 6) is 0. The number of benzene rings is 1. The Morgan fingerprint density at radius 3 is 2.05 bits per heavy atom. The zero-order chi connectivity index (χ0) is 15.1. The minimum absolute atomic E-state index is 0.0889. The number of halogens is 6. The molecule has 8 heteroatoms. The quantitative estimate of drug-likeness (QED) is 0.723. The molecule has 2 aromatic rings. The average Bonchev–Trinajstić information content (AvgIpc) is 2.72. The first-order valence-electron chi connectivity index (χ1n) is 5.37. The molecule has 0 saturated heterocycles. The second-order valence-corrected chi connectivity index (χ2v) is 4.10. The Labute approximate surface area is 109 Å². The molecular formula is C12H8F6N2. The molecule has 0 N–H and O–H groups in total. The summed E-state index contributed by atoms with van der Waals surface area (Å²) in [5, 5.41) is 3.71. The third kappa shape index (κ3) is 2.63. The van der Waals surface area contributed by atoms with Crippen LogP contribution in [0, 0.1) is 0 Å². The van der Waals surface area contributed by atoms with Crippen LogP contribution in [-0.4, -0.2) is 9.78 Å². The van der Waals surface area contributed by atoms with E-state index in [1.807, 2.05) is 0 Å². The van der Waals surface area contributed by atoms with Gasteiger partial charge in [-0.3, -0.25) is 4.68 Å². The van der Waals surface area contributed by atoms with Crippen molar-refractivity contribution >= 4 is 0 Å². The predicted molar refractivity (Wildman–Crippen MR) is 58.6 cm³/mol. The molecule has 0 aliphatic carbocycles. The normalized spacial score (nSPS) is 12.8. The van der Waals surface area contributed by atoms with Crippen molar-refractivity contribution in [2.75, 3.05) is 0 Å². The van der Waals surface area contributed by atoms with Crippen molar-refractivity contribution in [1.29, 1.82) is 0 Å². The number of aromatic nitrogens is 2. The zero-order valence-corrected chi connectivity index (χ0v) is 10.0. The molecule has 0 radical (unpaired) electrons. The molecule has 20 heavy (non-hydrogen) atoms. The summed E-state index contributed by atoms with van der Waals surface area (Å²) in [7, 11) is 1.41. The van der Waals surface area contributed by atoms with Crippen molar-refractivity contribution in [2.24, 2.45) is 7.05 Å². The Bertz CT molecular complexity index is 624. The molecule has 2 nitrogen and oxygen atoms in total. The number of aryl methyl sites for hydroxylation is 1. The van der Waals surface area contributed by atoms with E-state index in [2.05, 4.69) is 5.10 Å². The monoisotopic (exact) mass is 294 g/mol. The fourth-order valence-corrected chi connectivity index (χ4v) is 1.82.